The molecule has 19 rings (SSSR count). The van der Waals surface area contributed by atoms with Crippen LogP contribution in [-0.2, 0) is 39.6 Å². The van der Waals surface area contributed by atoms with Crippen molar-refractivity contribution in [3.05, 3.63) is 109 Å². The van der Waals surface area contributed by atoms with Gasteiger partial charge in [-0.3, -0.25) is 4.79 Å². The molecule has 3 unspecified atom stereocenters. The van der Waals surface area contributed by atoms with E-state index in [1.54, 1.807) is 141 Å². The first-order valence-corrected chi connectivity index (χ1v) is 23.0. The highest BCUT2D eigenvalue weighted by molar-refractivity contribution is 7.21. The molecule has 2 aromatic heterocycles. The van der Waals surface area contributed by atoms with Crippen molar-refractivity contribution in [2.75, 3.05) is 7.11 Å². The van der Waals surface area contributed by atoms with Gasteiger partial charge in [0.1, 0.15) is 0 Å². The van der Waals surface area contributed by atoms with Crippen molar-refractivity contribution in [3.63, 3.8) is 0 Å². The van der Waals surface area contributed by atoms with Crippen LogP contribution in [0.25, 0.3) is 124 Å². The highest BCUT2D eigenvalue weighted by atomic mass is 32.1. The molecule has 2 nitrogen and oxygen atoms in total. The van der Waals surface area contributed by atoms with Gasteiger partial charge in [0.25, 0.3) is 0 Å². The normalized spacial score (nSPS) is 24.1. The zero-order valence-corrected chi connectivity index (χ0v) is 33.1. The number of rotatable bonds is 7. The summed E-state index contributed by atoms with van der Waals surface area (Å²) in [4.78, 5) is 16.9. The molecule has 6 aliphatic carbocycles. The van der Waals surface area contributed by atoms with Crippen LogP contribution in [0.3, 0.4) is 0 Å². The summed E-state index contributed by atoms with van der Waals surface area (Å²) in [5.74, 6) is -0.0900. The standard InChI is InChI=1S/C54H28O2S2/c1-56-31(55)6-2-3-9-53(30-8-7-29(58-30)28-5-4-10-57-28)52-18-26-16-24-14-22-13-23-12-20-11-21-15-25-17-27(19-52)50-48-37(25)41-33(21)32(20)39-36(23)40-34(22)35(24)42-38(26)51(54(50,52)53)49-46(42)44(40)43(39)45(41)47(48)49/h4-5,7-8,10-11,13,15-17,19H,2-3,6,9,12,14,18H2,1H3. The second-order valence-electron chi connectivity index (χ2n) is 19.4. The number of carbonyl (C=O) groups is 1. The van der Waals surface area contributed by atoms with Crippen molar-refractivity contribution in [1.82, 2.24) is 0 Å². The zero-order chi connectivity index (χ0) is 36.8. The van der Waals surface area contributed by atoms with Gasteiger partial charge in [-0.05, 0) is 220 Å². The Morgan fingerprint density at radius 2 is 1.26 bits per heavy atom. The van der Waals surface area contributed by atoms with Crippen LogP contribution in [-0.4, -0.2) is 13.1 Å². The van der Waals surface area contributed by atoms with Crippen LogP contribution in [0.4, 0.5) is 0 Å². The average molecular weight is 773 g/mol. The lowest BCUT2D eigenvalue weighted by Gasteiger charge is -2.32. The van der Waals surface area contributed by atoms with Crippen LogP contribution < -0.4 is 5.22 Å². The van der Waals surface area contributed by atoms with Gasteiger partial charge < -0.3 is 4.74 Å². The van der Waals surface area contributed by atoms with Crippen molar-refractivity contribution in [1.29, 1.82) is 0 Å². The summed E-state index contributed by atoms with van der Waals surface area (Å²) in [6.45, 7) is 0. The Bertz CT molecular complexity index is 4300. The molecule has 2 heterocycles. The van der Waals surface area contributed by atoms with E-state index in [1.165, 1.54) is 32.9 Å². The maximum atomic E-state index is 12.6. The molecule has 0 radical (unpaired) electrons. The van der Waals surface area contributed by atoms with E-state index in [0.29, 0.717) is 6.42 Å². The summed E-state index contributed by atoms with van der Waals surface area (Å²) in [7, 11) is 1.53. The Hall–Kier alpha value is -5.55. The van der Waals surface area contributed by atoms with E-state index in [2.05, 4.69) is 77.4 Å². The highest BCUT2D eigenvalue weighted by Crippen LogP contribution is 2.91. The average Bonchev–Trinajstić information content (AvgIpc) is 4.05. The van der Waals surface area contributed by atoms with Crippen molar-refractivity contribution >= 4 is 142 Å². The molecule has 1 saturated carbocycles. The van der Waals surface area contributed by atoms with Crippen LogP contribution in [0.15, 0.2) is 60.0 Å². The number of unbranched alkanes of at least 4 members (excludes halogenated alkanes) is 1. The lowest BCUT2D eigenvalue weighted by atomic mass is 9.70. The number of carbonyl (C=O) groups excluding carboxylic acids is 1. The summed E-state index contributed by atoms with van der Waals surface area (Å²) in [5, 5.41) is 35.3. The molecule has 0 aliphatic heterocycles. The van der Waals surface area contributed by atoms with Gasteiger partial charge in [0.15, 0.2) is 0 Å². The quantitative estimate of drug-likeness (QED) is 0.0916. The number of benzene rings is 7. The molecule has 58 heavy (non-hydrogen) atoms. The molecule has 6 aliphatic rings. The lowest BCUT2D eigenvalue weighted by molar-refractivity contribution is -0.140. The Morgan fingerprint density at radius 1 is 0.621 bits per heavy atom. The maximum absolute atomic E-state index is 12.6. The number of hydrogen-bond acceptors (Lipinski definition) is 4. The van der Waals surface area contributed by atoms with Gasteiger partial charge >= 0.3 is 5.97 Å². The largest absolute Gasteiger partial charge is 0.469 e. The number of methoxy groups -OCH3 is 1. The molecule has 268 valence electrons. The molecule has 0 saturated heterocycles. The summed E-state index contributed by atoms with van der Waals surface area (Å²) < 4.78 is 5.19. The predicted octanol–water partition coefficient (Wildman–Crippen LogP) is 12.8. The minimum Gasteiger partial charge on any atom is -0.469 e. The SMILES string of the molecule is COC(=O)CCCCC1(c2ccc(-c3cccs3)s2)C23C=c4cc5cc6cc7c8c6c6c5c5c4C21c1c2c(cc4c9c%10c(cc(c%11c%10c%10c(c1c5c6c%10c8%11)c29)C7)C4)C3. The van der Waals surface area contributed by atoms with Crippen molar-refractivity contribution in [2.45, 2.75) is 55.8 Å². The van der Waals surface area contributed by atoms with Crippen LogP contribution in [0, 0.1) is 5.41 Å². The van der Waals surface area contributed by atoms with Crippen molar-refractivity contribution < 1.29 is 9.53 Å². The number of esters is 1. The van der Waals surface area contributed by atoms with E-state index in [-0.39, 0.29) is 22.2 Å². The molecule has 11 aromatic carbocycles. The van der Waals surface area contributed by atoms with Gasteiger partial charge in [0.05, 0.1) is 7.11 Å². The fraction of sp³-hybridized carbons (Fsp3) is 0.204. The Labute approximate surface area is 337 Å². The van der Waals surface area contributed by atoms with E-state index >= 15 is 0 Å². The topological polar surface area (TPSA) is 26.3 Å². The molecule has 0 bridgehead atoms. The number of thiophene rings is 2. The smallest absolute Gasteiger partial charge is 0.305 e. The van der Waals surface area contributed by atoms with Crippen LogP contribution in [0.1, 0.15) is 69.5 Å². The zero-order valence-electron chi connectivity index (χ0n) is 31.4. The van der Waals surface area contributed by atoms with Gasteiger partial charge in [-0.2, -0.15) is 0 Å². The molecular weight excluding hydrogens is 745 g/mol. The van der Waals surface area contributed by atoms with E-state index in [9.17, 15) is 4.79 Å². The third-order valence-electron chi connectivity index (χ3n) is 18.0. The molecular formula is C54H28O2S2. The summed E-state index contributed by atoms with van der Waals surface area (Å²) in [6, 6.07) is 22.7. The van der Waals surface area contributed by atoms with E-state index in [0.717, 1.165) is 38.5 Å². The Kier molecular flexibility index (Phi) is 3.77. The van der Waals surface area contributed by atoms with Crippen molar-refractivity contribution in [2.24, 2.45) is 5.41 Å². The molecule has 4 heteroatoms. The van der Waals surface area contributed by atoms with E-state index < -0.39 is 0 Å². The van der Waals surface area contributed by atoms with Gasteiger partial charge in [-0.15, -0.1) is 22.7 Å². The number of hydrogen-bond donors (Lipinski definition) is 0. The fourth-order valence-corrected chi connectivity index (χ4v) is 19.1. The van der Waals surface area contributed by atoms with E-state index in [1.807, 2.05) is 11.3 Å². The van der Waals surface area contributed by atoms with Crippen LogP contribution >= 0.6 is 22.7 Å². The fourth-order valence-electron chi connectivity index (χ4n) is 16.9. The molecule has 0 N–H and O–H groups in total. The molecule has 13 aromatic rings. The lowest BCUT2D eigenvalue weighted by Crippen LogP contribution is -2.30. The van der Waals surface area contributed by atoms with Crippen LogP contribution in [0.5, 0.6) is 0 Å². The van der Waals surface area contributed by atoms with Crippen molar-refractivity contribution in [3.8, 4) is 9.75 Å². The highest BCUT2D eigenvalue weighted by Gasteiger charge is 2.90. The third-order valence-corrected chi connectivity index (χ3v) is 20.3. The second-order valence-corrected chi connectivity index (χ2v) is 21.5. The summed E-state index contributed by atoms with van der Waals surface area (Å²) >= 11 is 3.92. The second kappa shape index (κ2) is 7.81. The first-order chi connectivity index (χ1) is 28.6. The molecule has 1 fully saturated rings. The van der Waals surface area contributed by atoms with Gasteiger partial charge in [-0.1, -0.05) is 36.8 Å². The molecule has 0 amide bonds. The Morgan fingerprint density at radius 3 is 2.05 bits per heavy atom. The minimum absolute atomic E-state index is 0.0795. The van der Waals surface area contributed by atoms with Crippen LogP contribution in [0.2, 0.25) is 0 Å². The van der Waals surface area contributed by atoms with Gasteiger partial charge in [-0.25, -0.2) is 0 Å². The first-order valence-electron chi connectivity index (χ1n) is 21.3. The summed E-state index contributed by atoms with van der Waals surface area (Å²) in [5.41, 5.74) is 10.9. The number of ether oxygens (including phenoxy) is 1. The maximum Gasteiger partial charge on any atom is 0.305 e. The molecule has 3 atom stereocenters. The summed E-state index contributed by atoms with van der Waals surface area (Å²) in [6.07, 6.45) is 9.43. The Balaban J connectivity index is 1.09. The third kappa shape index (κ3) is 2.19. The molecule has 1 spiro atoms. The van der Waals surface area contributed by atoms with Gasteiger partial charge in [0.2, 0.25) is 0 Å². The predicted molar refractivity (Wildman–Crippen MR) is 241 cm³/mol. The van der Waals surface area contributed by atoms with E-state index in [4.69, 9.17) is 4.74 Å². The monoisotopic (exact) mass is 772 g/mol. The minimum atomic E-state index is -0.153. The van der Waals surface area contributed by atoms with Gasteiger partial charge in [0, 0.05) is 37.3 Å². The first kappa shape index (κ1) is 28.0.